The number of hydrogen-bond donors (Lipinski definition) is 0. The van der Waals surface area contributed by atoms with Crippen molar-refractivity contribution in [3.05, 3.63) is 34.9 Å². The molecule has 0 aliphatic carbocycles. The summed E-state index contributed by atoms with van der Waals surface area (Å²) >= 11 is 0. The Hall–Kier alpha value is -0.780. The van der Waals surface area contributed by atoms with Gasteiger partial charge in [-0.3, -0.25) is 0 Å². The number of aryl methyl sites for hydroxylation is 2. The summed E-state index contributed by atoms with van der Waals surface area (Å²) in [6.07, 6.45) is 1.13. The molecule has 0 heterocycles. The van der Waals surface area contributed by atoms with E-state index >= 15 is 0 Å². The van der Waals surface area contributed by atoms with E-state index in [1.54, 1.807) is 0 Å². The van der Waals surface area contributed by atoms with Crippen LogP contribution in [-0.2, 0) is 11.8 Å². The first-order valence-electron chi connectivity index (χ1n) is 5.05. The monoisotopic (exact) mass is 176 g/mol. The summed E-state index contributed by atoms with van der Waals surface area (Å²) in [6, 6.07) is 6.82. The van der Waals surface area contributed by atoms with Crippen LogP contribution in [0.25, 0.3) is 0 Å². The van der Waals surface area contributed by atoms with Gasteiger partial charge in [0, 0.05) is 0 Å². The van der Waals surface area contributed by atoms with Crippen LogP contribution in [0.3, 0.4) is 0 Å². The van der Waals surface area contributed by atoms with Crippen molar-refractivity contribution in [1.29, 1.82) is 0 Å². The Labute approximate surface area is 82.0 Å². The van der Waals surface area contributed by atoms with Gasteiger partial charge in [0.25, 0.3) is 0 Å². The van der Waals surface area contributed by atoms with Crippen molar-refractivity contribution < 1.29 is 0 Å². The van der Waals surface area contributed by atoms with Gasteiger partial charge in [-0.15, -0.1) is 0 Å². The Balaban J connectivity index is 3.14. The van der Waals surface area contributed by atoms with E-state index in [0.717, 1.165) is 6.42 Å². The summed E-state index contributed by atoms with van der Waals surface area (Å²) in [7, 11) is 0. The van der Waals surface area contributed by atoms with Gasteiger partial charge in [-0.25, -0.2) is 0 Å². The highest BCUT2D eigenvalue weighted by molar-refractivity contribution is 5.34. The molecule has 0 nitrogen and oxygen atoms in total. The van der Waals surface area contributed by atoms with E-state index in [1.165, 1.54) is 16.7 Å². The fourth-order valence-electron chi connectivity index (χ4n) is 1.52. The maximum Gasteiger partial charge on any atom is -0.0132 e. The first-order valence-corrected chi connectivity index (χ1v) is 5.05. The molecule has 0 atom stereocenters. The van der Waals surface area contributed by atoms with E-state index < -0.39 is 0 Å². The fourth-order valence-corrected chi connectivity index (χ4v) is 1.52. The lowest BCUT2D eigenvalue weighted by molar-refractivity contribution is 0.589. The normalized spacial score (nSPS) is 11.8. The maximum atomic E-state index is 2.34. The zero-order chi connectivity index (χ0) is 10.1. The largest absolute Gasteiger partial charge is 0.0613 e. The van der Waals surface area contributed by atoms with Gasteiger partial charge < -0.3 is 0 Å². The van der Waals surface area contributed by atoms with Crippen LogP contribution in [-0.4, -0.2) is 0 Å². The Morgan fingerprint density at radius 2 is 1.77 bits per heavy atom. The van der Waals surface area contributed by atoms with E-state index in [9.17, 15) is 0 Å². The molecule has 0 saturated heterocycles. The maximum absolute atomic E-state index is 2.34. The zero-order valence-electron chi connectivity index (χ0n) is 9.44. The van der Waals surface area contributed by atoms with Crippen LogP contribution in [0.4, 0.5) is 0 Å². The van der Waals surface area contributed by atoms with E-state index in [0.29, 0.717) is 0 Å². The highest BCUT2D eigenvalue weighted by atomic mass is 14.2. The predicted octanol–water partition coefficient (Wildman–Crippen LogP) is 3.85. The second kappa shape index (κ2) is 3.53. The minimum absolute atomic E-state index is 0.275. The molecule has 0 radical (unpaired) electrons. The first-order chi connectivity index (χ1) is 5.95. The van der Waals surface area contributed by atoms with E-state index in [-0.39, 0.29) is 5.41 Å². The summed E-state index contributed by atoms with van der Waals surface area (Å²) in [6.45, 7) is 11.2. The lowest BCUT2D eigenvalue weighted by atomic mass is 9.85. The molecule has 72 valence electrons. The van der Waals surface area contributed by atoms with Gasteiger partial charge in [-0.1, -0.05) is 45.9 Å². The van der Waals surface area contributed by atoms with Crippen LogP contribution < -0.4 is 0 Å². The minimum atomic E-state index is 0.275. The molecule has 1 rings (SSSR count). The van der Waals surface area contributed by atoms with Crippen molar-refractivity contribution in [2.45, 2.75) is 46.5 Å². The summed E-state index contributed by atoms with van der Waals surface area (Å²) in [5.74, 6) is 0. The molecular weight excluding hydrogens is 156 g/mol. The number of rotatable bonds is 1. The topological polar surface area (TPSA) is 0 Å². The fraction of sp³-hybridized carbons (Fsp3) is 0.538. The molecule has 0 unspecified atom stereocenters. The summed E-state index contributed by atoms with van der Waals surface area (Å²) in [5, 5.41) is 0. The summed E-state index contributed by atoms with van der Waals surface area (Å²) < 4.78 is 0. The molecule has 0 spiro atoms. The van der Waals surface area contributed by atoms with Crippen molar-refractivity contribution in [1.82, 2.24) is 0 Å². The SMILES string of the molecule is CCc1cc(C(C)(C)C)ccc1C. The third-order valence-electron chi connectivity index (χ3n) is 2.60. The molecule has 13 heavy (non-hydrogen) atoms. The number of hydrogen-bond acceptors (Lipinski definition) is 0. The standard InChI is InChI=1S/C13H20/c1-6-11-9-12(13(3,4)5)8-7-10(11)2/h7-9H,6H2,1-5H3. The molecule has 0 heteroatoms. The van der Waals surface area contributed by atoms with Gasteiger partial charge in [-0.05, 0) is 35.4 Å². The van der Waals surface area contributed by atoms with E-state index in [1.807, 2.05) is 0 Å². The van der Waals surface area contributed by atoms with Crippen LogP contribution in [0.5, 0.6) is 0 Å². The molecule has 0 N–H and O–H groups in total. The second-order valence-corrected chi connectivity index (χ2v) is 4.74. The highest BCUT2D eigenvalue weighted by Crippen LogP contribution is 2.24. The molecular formula is C13H20. The Bertz CT molecular complexity index is 289. The van der Waals surface area contributed by atoms with Crippen LogP contribution in [0, 0.1) is 6.92 Å². The molecule has 0 saturated carbocycles. The molecule has 0 aliphatic rings. The van der Waals surface area contributed by atoms with Gasteiger partial charge in [0.05, 0.1) is 0 Å². The Morgan fingerprint density at radius 1 is 1.15 bits per heavy atom. The third kappa shape index (κ3) is 2.33. The van der Waals surface area contributed by atoms with Gasteiger partial charge in [0.2, 0.25) is 0 Å². The molecule has 1 aromatic rings. The summed E-state index contributed by atoms with van der Waals surface area (Å²) in [5.41, 5.74) is 4.61. The van der Waals surface area contributed by atoms with Crippen molar-refractivity contribution in [3.8, 4) is 0 Å². The predicted molar refractivity (Wildman–Crippen MR) is 59.3 cm³/mol. The summed E-state index contributed by atoms with van der Waals surface area (Å²) in [4.78, 5) is 0. The van der Waals surface area contributed by atoms with Crippen molar-refractivity contribution >= 4 is 0 Å². The Kier molecular flexibility index (Phi) is 2.80. The zero-order valence-corrected chi connectivity index (χ0v) is 9.44. The van der Waals surface area contributed by atoms with Crippen molar-refractivity contribution in [3.63, 3.8) is 0 Å². The lowest BCUT2D eigenvalue weighted by Gasteiger charge is -2.20. The molecule has 1 aromatic carbocycles. The van der Waals surface area contributed by atoms with Crippen LogP contribution in [0.1, 0.15) is 44.4 Å². The molecule has 0 fully saturated rings. The smallest absolute Gasteiger partial charge is 0.0132 e. The van der Waals surface area contributed by atoms with E-state index in [4.69, 9.17) is 0 Å². The molecule has 0 aromatic heterocycles. The van der Waals surface area contributed by atoms with Crippen LogP contribution >= 0.6 is 0 Å². The van der Waals surface area contributed by atoms with Gasteiger partial charge in [-0.2, -0.15) is 0 Å². The molecule has 0 bridgehead atoms. The average Bonchev–Trinajstić information content (AvgIpc) is 2.03. The lowest BCUT2D eigenvalue weighted by Crippen LogP contribution is -2.11. The van der Waals surface area contributed by atoms with Gasteiger partial charge >= 0.3 is 0 Å². The highest BCUT2D eigenvalue weighted by Gasteiger charge is 2.13. The number of benzene rings is 1. The third-order valence-corrected chi connectivity index (χ3v) is 2.60. The van der Waals surface area contributed by atoms with Crippen LogP contribution in [0.15, 0.2) is 18.2 Å². The quantitative estimate of drug-likeness (QED) is 0.609. The van der Waals surface area contributed by atoms with Crippen molar-refractivity contribution in [2.24, 2.45) is 0 Å². The average molecular weight is 176 g/mol. The molecule has 0 aliphatic heterocycles. The minimum Gasteiger partial charge on any atom is -0.0613 e. The second-order valence-electron chi connectivity index (χ2n) is 4.74. The van der Waals surface area contributed by atoms with E-state index in [2.05, 4.69) is 52.8 Å². The van der Waals surface area contributed by atoms with Gasteiger partial charge in [0.15, 0.2) is 0 Å². The Morgan fingerprint density at radius 3 is 2.23 bits per heavy atom. The van der Waals surface area contributed by atoms with Crippen LogP contribution in [0.2, 0.25) is 0 Å². The van der Waals surface area contributed by atoms with Crippen molar-refractivity contribution in [2.75, 3.05) is 0 Å². The molecule has 0 amide bonds. The van der Waals surface area contributed by atoms with Gasteiger partial charge in [0.1, 0.15) is 0 Å². The first kappa shape index (κ1) is 10.3.